The summed E-state index contributed by atoms with van der Waals surface area (Å²) < 4.78 is 5.83. The molecule has 0 radical (unpaired) electrons. The van der Waals surface area contributed by atoms with Crippen molar-refractivity contribution in [3.05, 3.63) is 127 Å². The third kappa shape index (κ3) is 4.47. The molecule has 0 aromatic heterocycles. The molecule has 162 valence electrons. The number of halogens is 1. The first kappa shape index (κ1) is 22.6. The van der Waals surface area contributed by atoms with Crippen molar-refractivity contribution in [2.75, 3.05) is 12.8 Å². The Balaban J connectivity index is 1.75. The van der Waals surface area contributed by atoms with Crippen LogP contribution in [-0.4, -0.2) is 18.6 Å². The molecule has 0 fully saturated rings. The Morgan fingerprint density at radius 3 is 1.41 bits per heavy atom. The van der Waals surface area contributed by atoms with Gasteiger partial charge in [0.2, 0.25) is 0 Å². The second kappa shape index (κ2) is 9.92. The van der Waals surface area contributed by atoms with Crippen LogP contribution in [-0.2, 0) is 16.1 Å². The molecule has 0 aliphatic rings. The van der Waals surface area contributed by atoms with E-state index >= 15 is 0 Å². The van der Waals surface area contributed by atoms with Crippen LogP contribution in [0.25, 0.3) is 0 Å². The predicted molar refractivity (Wildman–Crippen MR) is 140 cm³/mol. The van der Waals surface area contributed by atoms with Crippen LogP contribution in [0.2, 0.25) is 0 Å². The van der Waals surface area contributed by atoms with Crippen molar-refractivity contribution in [3.8, 4) is 0 Å². The maximum atomic E-state index is 13.5. The van der Waals surface area contributed by atoms with E-state index in [0.29, 0.717) is 12.8 Å². The van der Waals surface area contributed by atoms with E-state index in [-0.39, 0.29) is 12.4 Å². The summed E-state index contributed by atoms with van der Waals surface area (Å²) in [5, 5.41) is 0.146. The Morgan fingerprint density at radius 1 is 0.625 bits per heavy atom. The number of ether oxygens (including phenoxy) is 1. The van der Waals surface area contributed by atoms with Crippen molar-refractivity contribution in [3.63, 3.8) is 0 Å². The van der Waals surface area contributed by atoms with Crippen molar-refractivity contribution >= 4 is 42.5 Å². The molecule has 4 heteroatoms. The summed E-state index contributed by atoms with van der Waals surface area (Å²) >= 11 is 4.31. The summed E-state index contributed by atoms with van der Waals surface area (Å²) in [6.45, 7) is 0.498. The summed E-state index contributed by atoms with van der Waals surface area (Å²) in [6, 6.07) is 41.0. The molecule has 0 N–H and O–H groups in total. The second-order valence-corrected chi connectivity index (χ2v) is 16.8. The SMILES string of the molecule is O=C(COCc1ccccc1)CP(Br)(c1ccccc1)(c1ccccc1)c1ccccc1. The van der Waals surface area contributed by atoms with Crippen LogP contribution < -0.4 is 15.9 Å². The molecule has 2 nitrogen and oxygen atoms in total. The van der Waals surface area contributed by atoms with Gasteiger partial charge >= 0.3 is 198 Å². The number of carbonyl (C=O) groups excluding carboxylic acids is 1. The predicted octanol–water partition coefficient (Wildman–Crippen LogP) is 5.61. The van der Waals surface area contributed by atoms with Gasteiger partial charge in [-0.3, -0.25) is 0 Å². The van der Waals surface area contributed by atoms with Crippen molar-refractivity contribution in [2.45, 2.75) is 6.61 Å². The van der Waals surface area contributed by atoms with E-state index in [1.54, 1.807) is 0 Å². The van der Waals surface area contributed by atoms with Crippen LogP contribution in [0.1, 0.15) is 5.56 Å². The fourth-order valence-corrected chi connectivity index (χ4v) is 11.7. The van der Waals surface area contributed by atoms with E-state index < -0.39 is 5.31 Å². The van der Waals surface area contributed by atoms with Gasteiger partial charge in [0.25, 0.3) is 0 Å². The summed E-state index contributed by atoms with van der Waals surface area (Å²) in [4.78, 5) is 13.5. The van der Waals surface area contributed by atoms with Gasteiger partial charge in [-0.1, -0.05) is 0 Å². The molecule has 0 aliphatic carbocycles. The first-order valence-electron chi connectivity index (χ1n) is 10.6. The molecular weight excluding hydrogens is 479 g/mol. The molecule has 0 amide bonds. The third-order valence-corrected chi connectivity index (χ3v) is 15.2. The Morgan fingerprint density at radius 2 is 1.00 bits per heavy atom. The van der Waals surface area contributed by atoms with Crippen LogP contribution >= 0.6 is 20.8 Å². The van der Waals surface area contributed by atoms with Crippen molar-refractivity contribution in [2.24, 2.45) is 0 Å². The molecule has 0 unspecified atom stereocenters. The van der Waals surface area contributed by atoms with Crippen LogP contribution in [0.5, 0.6) is 0 Å². The molecular formula is C28H26BrO2P. The summed E-state index contributed by atoms with van der Waals surface area (Å²) in [6.07, 6.45) is 0.346. The molecule has 0 aliphatic heterocycles. The quantitative estimate of drug-likeness (QED) is 0.277. The topological polar surface area (TPSA) is 26.3 Å². The molecule has 0 atom stereocenters. The van der Waals surface area contributed by atoms with Gasteiger partial charge in [0, 0.05) is 0 Å². The van der Waals surface area contributed by atoms with E-state index in [1.807, 2.05) is 84.9 Å². The molecule has 0 saturated carbocycles. The number of Topliss-reactive ketones (excluding diaryl/α,β-unsaturated/α-hetero) is 1. The van der Waals surface area contributed by atoms with Gasteiger partial charge in [0.05, 0.1) is 0 Å². The van der Waals surface area contributed by atoms with Crippen LogP contribution in [0.15, 0.2) is 121 Å². The standard InChI is InChI=1S/C28H26BrO2P/c29-32(26-15-7-2-8-16-26,27-17-9-3-10-18-27,28-19-11-4-12-20-28)23-25(30)22-31-21-24-13-5-1-6-14-24/h1-20H,21-23H2. The Kier molecular flexibility index (Phi) is 7.01. The third-order valence-electron chi connectivity index (χ3n) is 5.73. The van der Waals surface area contributed by atoms with Gasteiger partial charge in [-0.05, 0) is 0 Å². The number of hydrogen-bond donors (Lipinski definition) is 0. The van der Waals surface area contributed by atoms with Gasteiger partial charge in [-0.25, -0.2) is 0 Å². The number of carbonyl (C=O) groups is 1. The molecule has 4 rings (SSSR count). The van der Waals surface area contributed by atoms with Gasteiger partial charge in [0.15, 0.2) is 0 Å². The van der Waals surface area contributed by atoms with E-state index in [2.05, 4.69) is 51.9 Å². The normalized spacial score (nSPS) is 12.6. The number of rotatable bonds is 9. The Hall–Kier alpha value is -2.58. The summed E-state index contributed by atoms with van der Waals surface area (Å²) in [5.41, 5.74) is 1.06. The van der Waals surface area contributed by atoms with Crippen LogP contribution in [0, 0.1) is 0 Å². The molecule has 0 heterocycles. The molecule has 32 heavy (non-hydrogen) atoms. The van der Waals surface area contributed by atoms with Crippen LogP contribution in [0.3, 0.4) is 0 Å². The monoisotopic (exact) mass is 504 g/mol. The minimum atomic E-state index is -3.25. The number of benzene rings is 4. The molecule has 0 saturated heterocycles. The Bertz CT molecular complexity index is 1050. The van der Waals surface area contributed by atoms with Crippen LogP contribution in [0.4, 0.5) is 0 Å². The van der Waals surface area contributed by atoms with Gasteiger partial charge < -0.3 is 0 Å². The van der Waals surface area contributed by atoms with Crippen molar-refractivity contribution < 1.29 is 9.53 Å². The number of ketones is 1. The summed E-state index contributed by atoms with van der Waals surface area (Å²) in [5.74, 6) is 0.0760. The van der Waals surface area contributed by atoms with E-state index in [1.165, 1.54) is 0 Å². The number of hydrogen-bond acceptors (Lipinski definition) is 2. The molecule has 0 spiro atoms. The van der Waals surface area contributed by atoms with E-state index in [9.17, 15) is 4.79 Å². The van der Waals surface area contributed by atoms with Gasteiger partial charge in [-0.15, -0.1) is 0 Å². The van der Waals surface area contributed by atoms with Crippen molar-refractivity contribution in [1.82, 2.24) is 0 Å². The molecule has 0 bridgehead atoms. The zero-order chi connectivity index (χ0) is 22.3. The van der Waals surface area contributed by atoms with E-state index in [0.717, 1.165) is 21.5 Å². The molecule has 4 aromatic rings. The zero-order valence-electron chi connectivity index (χ0n) is 17.8. The van der Waals surface area contributed by atoms with Crippen molar-refractivity contribution in [1.29, 1.82) is 0 Å². The Labute approximate surface area is 197 Å². The first-order chi connectivity index (χ1) is 15.6. The fourth-order valence-electron chi connectivity index (χ4n) is 4.17. The minimum absolute atomic E-state index is 0.0743. The average Bonchev–Trinajstić information content (AvgIpc) is 2.86. The zero-order valence-corrected chi connectivity index (χ0v) is 20.3. The van der Waals surface area contributed by atoms with Gasteiger partial charge in [0.1, 0.15) is 0 Å². The summed E-state index contributed by atoms with van der Waals surface area (Å²) in [7, 11) is 0. The molecule has 4 aromatic carbocycles. The van der Waals surface area contributed by atoms with E-state index in [4.69, 9.17) is 4.74 Å². The fraction of sp³-hybridized carbons (Fsp3) is 0.107. The average molecular weight is 505 g/mol. The second-order valence-electron chi connectivity index (χ2n) is 7.86. The maximum absolute atomic E-state index is 13.5. The first-order valence-corrected chi connectivity index (χ1v) is 15.1. The van der Waals surface area contributed by atoms with Gasteiger partial charge in [-0.2, -0.15) is 0 Å².